The Labute approximate surface area is 86.3 Å². The van der Waals surface area contributed by atoms with Crippen molar-refractivity contribution >= 4 is 12.0 Å². The molecule has 1 aromatic rings. The van der Waals surface area contributed by atoms with Crippen molar-refractivity contribution in [1.29, 1.82) is 0 Å². The maximum atomic E-state index is 4.37. The topological polar surface area (TPSA) is 15.6 Å². The smallest absolute Gasteiger partial charge is 0.0909 e. The van der Waals surface area contributed by atoms with Crippen molar-refractivity contribution in [2.75, 3.05) is 13.6 Å². The first kappa shape index (κ1) is 10.8. The molecule has 0 aliphatic rings. The molecule has 0 saturated carbocycles. The largest absolute Gasteiger partial charge is 0.366 e. The molecule has 0 N–H and O–H groups in total. The lowest BCUT2D eigenvalue weighted by molar-refractivity contribution is 0.515. The van der Waals surface area contributed by atoms with Gasteiger partial charge in [-0.1, -0.05) is 24.6 Å². The highest BCUT2D eigenvalue weighted by molar-refractivity contribution is 5.60. The van der Waals surface area contributed by atoms with E-state index >= 15 is 0 Å². The third kappa shape index (κ3) is 3.60. The Hall–Kier alpha value is -1.31. The van der Waals surface area contributed by atoms with Crippen LogP contribution in [0.5, 0.6) is 0 Å². The number of aliphatic imine (C=N–C) groups is 1. The molecule has 0 spiro atoms. The molecule has 2 heteroatoms. The quantitative estimate of drug-likeness (QED) is 0.526. The van der Waals surface area contributed by atoms with Gasteiger partial charge in [0.05, 0.1) is 12.0 Å². The van der Waals surface area contributed by atoms with Crippen LogP contribution >= 0.6 is 0 Å². The van der Waals surface area contributed by atoms with Gasteiger partial charge in [0.2, 0.25) is 0 Å². The predicted molar refractivity (Wildman–Crippen MR) is 62.3 cm³/mol. The fourth-order valence-corrected chi connectivity index (χ4v) is 1.21. The van der Waals surface area contributed by atoms with E-state index in [4.69, 9.17) is 0 Å². The molecule has 14 heavy (non-hydrogen) atoms. The summed E-state index contributed by atoms with van der Waals surface area (Å²) in [5.74, 6) is 0. The van der Waals surface area contributed by atoms with Gasteiger partial charge in [-0.25, -0.2) is 4.99 Å². The van der Waals surface area contributed by atoms with Gasteiger partial charge in [0.25, 0.3) is 0 Å². The molecular formula is C12H18N2. The average Bonchev–Trinajstić information content (AvgIpc) is 2.17. The highest BCUT2D eigenvalue weighted by atomic mass is 15.1. The Kier molecular flexibility index (Phi) is 4.17. The molecule has 0 saturated heterocycles. The minimum atomic E-state index is 1.01. The van der Waals surface area contributed by atoms with Crippen LogP contribution in [0.15, 0.2) is 29.3 Å². The maximum absolute atomic E-state index is 4.37. The van der Waals surface area contributed by atoms with Crippen LogP contribution < -0.4 is 0 Å². The molecule has 0 radical (unpaired) electrons. The van der Waals surface area contributed by atoms with E-state index in [1.165, 1.54) is 5.56 Å². The van der Waals surface area contributed by atoms with Gasteiger partial charge in [0, 0.05) is 13.6 Å². The molecule has 2 nitrogen and oxygen atoms in total. The van der Waals surface area contributed by atoms with Crippen LogP contribution in [-0.2, 0) is 0 Å². The summed E-state index contributed by atoms with van der Waals surface area (Å²) >= 11 is 0. The Morgan fingerprint density at radius 3 is 2.50 bits per heavy atom. The first-order chi connectivity index (χ1) is 6.72. The van der Waals surface area contributed by atoms with Gasteiger partial charge in [0.1, 0.15) is 0 Å². The van der Waals surface area contributed by atoms with Gasteiger partial charge >= 0.3 is 0 Å². The van der Waals surface area contributed by atoms with E-state index in [-0.39, 0.29) is 0 Å². The van der Waals surface area contributed by atoms with Crippen molar-refractivity contribution in [3.8, 4) is 0 Å². The molecule has 1 rings (SSSR count). The van der Waals surface area contributed by atoms with Crippen LogP contribution in [0.4, 0.5) is 5.69 Å². The molecule has 0 amide bonds. The Balaban J connectivity index is 2.55. The fraction of sp³-hybridized carbons (Fsp3) is 0.417. The standard InChI is InChI=1S/C12H18N2/c1-4-9-14(3)10-13-12-7-5-11(2)6-8-12/h5-8,10H,4,9H2,1-3H3/b13-10-. The molecule has 0 bridgehead atoms. The normalized spacial score (nSPS) is 10.8. The lowest BCUT2D eigenvalue weighted by atomic mass is 10.2. The van der Waals surface area contributed by atoms with Crippen molar-refractivity contribution < 1.29 is 0 Å². The number of benzene rings is 1. The lowest BCUT2D eigenvalue weighted by Gasteiger charge is -2.10. The van der Waals surface area contributed by atoms with Crippen LogP contribution in [0.1, 0.15) is 18.9 Å². The lowest BCUT2D eigenvalue weighted by Crippen LogP contribution is -2.16. The van der Waals surface area contributed by atoms with Crippen LogP contribution in [0.3, 0.4) is 0 Å². The first-order valence-corrected chi connectivity index (χ1v) is 5.03. The molecule has 0 aliphatic carbocycles. The Morgan fingerprint density at radius 2 is 1.93 bits per heavy atom. The van der Waals surface area contributed by atoms with Crippen molar-refractivity contribution in [3.63, 3.8) is 0 Å². The Morgan fingerprint density at radius 1 is 1.29 bits per heavy atom. The van der Waals surface area contributed by atoms with E-state index in [2.05, 4.69) is 35.9 Å². The van der Waals surface area contributed by atoms with Crippen molar-refractivity contribution in [3.05, 3.63) is 29.8 Å². The zero-order valence-electron chi connectivity index (χ0n) is 9.20. The van der Waals surface area contributed by atoms with E-state index in [1.54, 1.807) is 0 Å². The number of aryl methyl sites for hydroxylation is 1. The van der Waals surface area contributed by atoms with Crippen molar-refractivity contribution in [2.45, 2.75) is 20.3 Å². The first-order valence-electron chi connectivity index (χ1n) is 5.03. The summed E-state index contributed by atoms with van der Waals surface area (Å²) < 4.78 is 0. The zero-order valence-corrected chi connectivity index (χ0v) is 9.20. The summed E-state index contributed by atoms with van der Waals surface area (Å²) in [6.45, 7) is 5.29. The zero-order chi connectivity index (χ0) is 10.4. The summed E-state index contributed by atoms with van der Waals surface area (Å²) in [6.07, 6.45) is 3.03. The van der Waals surface area contributed by atoms with E-state index in [9.17, 15) is 0 Å². The molecule has 0 unspecified atom stereocenters. The molecule has 76 valence electrons. The van der Waals surface area contributed by atoms with Gasteiger partial charge in [-0.15, -0.1) is 0 Å². The molecular weight excluding hydrogens is 172 g/mol. The molecule has 1 aromatic carbocycles. The second-order valence-electron chi connectivity index (χ2n) is 3.56. The fourth-order valence-electron chi connectivity index (χ4n) is 1.21. The van der Waals surface area contributed by atoms with Crippen molar-refractivity contribution in [2.24, 2.45) is 4.99 Å². The van der Waals surface area contributed by atoms with Gasteiger partial charge < -0.3 is 4.90 Å². The second-order valence-corrected chi connectivity index (χ2v) is 3.56. The molecule has 0 fully saturated rings. The van der Waals surface area contributed by atoms with Gasteiger partial charge in [-0.2, -0.15) is 0 Å². The maximum Gasteiger partial charge on any atom is 0.0909 e. The highest BCUT2D eigenvalue weighted by Crippen LogP contribution is 2.11. The number of hydrogen-bond acceptors (Lipinski definition) is 1. The minimum absolute atomic E-state index is 1.01. The summed E-state index contributed by atoms with van der Waals surface area (Å²) in [5, 5.41) is 0. The number of hydrogen-bond donors (Lipinski definition) is 0. The van der Waals surface area contributed by atoms with Crippen LogP contribution in [0.2, 0.25) is 0 Å². The molecule has 0 atom stereocenters. The highest BCUT2D eigenvalue weighted by Gasteiger charge is 1.89. The summed E-state index contributed by atoms with van der Waals surface area (Å²) in [6, 6.07) is 8.22. The van der Waals surface area contributed by atoms with Gasteiger partial charge in [0.15, 0.2) is 0 Å². The van der Waals surface area contributed by atoms with Crippen LogP contribution in [-0.4, -0.2) is 24.8 Å². The number of rotatable bonds is 4. The third-order valence-corrected chi connectivity index (χ3v) is 2.01. The summed E-state index contributed by atoms with van der Waals surface area (Å²) in [4.78, 5) is 6.46. The van der Waals surface area contributed by atoms with Crippen LogP contribution in [0.25, 0.3) is 0 Å². The predicted octanol–water partition coefficient (Wildman–Crippen LogP) is 3.00. The average molecular weight is 190 g/mol. The van der Waals surface area contributed by atoms with Crippen molar-refractivity contribution in [1.82, 2.24) is 4.90 Å². The van der Waals surface area contributed by atoms with E-state index in [0.717, 1.165) is 18.7 Å². The van der Waals surface area contributed by atoms with Crippen LogP contribution in [0, 0.1) is 6.92 Å². The summed E-state index contributed by atoms with van der Waals surface area (Å²) in [5.41, 5.74) is 2.28. The summed E-state index contributed by atoms with van der Waals surface area (Å²) in [7, 11) is 2.04. The third-order valence-electron chi connectivity index (χ3n) is 2.01. The van der Waals surface area contributed by atoms with Gasteiger partial charge in [-0.05, 0) is 25.5 Å². The van der Waals surface area contributed by atoms with E-state index < -0.39 is 0 Å². The molecule has 0 heterocycles. The monoisotopic (exact) mass is 190 g/mol. The van der Waals surface area contributed by atoms with E-state index in [1.807, 2.05) is 25.5 Å². The van der Waals surface area contributed by atoms with Gasteiger partial charge in [-0.3, -0.25) is 0 Å². The Bertz CT molecular complexity index is 288. The second kappa shape index (κ2) is 5.43. The number of nitrogens with zero attached hydrogens (tertiary/aromatic N) is 2. The van der Waals surface area contributed by atoms with E-state index in [0.29, 0.717) is 0 Å². The minimum Gasteiger partial charge on any atom is -0.366 e. The SMILES string of the molecule is CCCN(C)/C=N\c1ccc(C)cc1. The molecule has 0 aliphatic heterocycles. The molecule has 0 aromatic heterocycles.